The fourth-order valence-electron chi connectivity index (χ4n) is 4.70. The zero-order valence-corrected chi connectivity index (χ0v) is 16.3. The molecule has 0 amide bonds. The van der Waals surface area contributed by atoms with Crippen LogP contribution in [-0.2, 0) is 0 Å². The maximum absolute atomic E-state index is 14.3. The number of hydrogen-bond donors (Lipinski definition) is 1. The number of aromatic nitrogens is 3. The number of nitrogens with one attached hydrogen (secondary N) is 1. The van der Waals surface area contributed by atoms with Gasteiger partial charge in [-0.2, -0.15) is 0 Å². The first-order valence-electron chi connectivity index (χ1n) is 10.1. The molecule has 1 aliphatic rings. The van der Waals surface area contributed by atoms with Crippen LogP contribution in [0, 0.1) is 5.82 Å². The van der Waals surface area contributed by atoms with E-state index in [9.17, 15) is 9.18 Å². The van der Waals surface area contributed by atoms with Gasteiger partial charge in [-0.3, -0.25) is 9.47 Å². The number of para-hydroxylation sites is 2. The van der Waals surface area contributed by atoms with Crippen molar-refractivity contribution in [1.29, 1.82) is 0 Å². The second-order valence-corrected chi connectivity index (χ2v) is 7.70. The molecule has 0 aliphatic carbocycles. The second-order valence-electron chi connectivity index (χ2n) is 7.70. The van der Waals surface area contributed by atoms with E-state index in [1.54, 1.807) is 12.1 Å². The lowest BCUT2D eigenvalue weighted by Crippen LogP contribution is -2.41. The first-order valence-corrected chi connectivity index (χ1v) is 10.1. The number of imidazole rings is 1. The van der Waals surface area contributed by atoms with Crippen LogP contribution in [0.5, 0.6) is 0 Å². The maximum Gasteiger partial charge on any atom is 0.327 e. The lowest BCUT2D eigenvalue weighted by Gasteiger charge is -2.37. The average molecular weight is 394 g/mol. The van der Waals surface area contributed by atoms with Crippen molar-refractivity contribution in [3.8, 4) is 0 Å². The Morgan fingerprint density at radius 2 is 2.00 bits per heavy atom. The van der Waals surface area contributed by atoms with Gasteiger partial charge in [0.05, 0.1) is 28.3 Å². The molecule has 6 nitrogen and oxygen atoms in total. The Morgan fingerprint density at radius 1 is 1.21 bits per heavy atom. The summed E-state index contributed by atoms with van der Waals surface area (Å²) in [6.07, 6.45) is 2.52. The van der Waals surface area contributed by atoms with Gasteiger partial charge in [0.25, 0.3) is 0 Å². The van der Waals surface area contributed by atoms with Crippen LogP contribution in [-0.4, -0.2) is 32.7 Å². The normalized spacial score (nSPS) is 17.3. The molecule has 2 aromatic carbocycles. The highest BCUT2D eigenvalue weighted by Crippen LogP contribution is 2.35. The third kappa shape index (κ3) is 2.97. The van der Waals surface area contributed by atoms with E-state index in [1.165, 1.54) is 6.07 Å². The molecule has 1 unspecified atom stereocenters. The van der Waals surface area contributed by atoms with Crippen molar-refractivity contribution in [1.82, 2.24) is 19.6 Å². The molecule has 1 aliphatic heterocycles. The molecule has 0 spiro atoms. The number of nitrogens with zero attached hydrogens (tertiary/aromatic N) is 3. The van der Waals surface area contributed by atoms with Crippen LogP contribution < -0.4 is 5.69 Å². The number of rotatable bonds is 4. The Hall–Kier alpha value is -2.93. The van der Waals surface area contributed by atoms with E-state index in [0.717, 1.165) is 49.1 Å². The molecule has 1 N–H and O–H groups in total. The summed E-state index contributed by atoms with van der Waals surface area (Å²) in [6, 6.07) is 12.6. The van der Waals surface area contributed by atoms with Gasteiger partial charge in [0.2, 0.25) is 0 Å². The van der Waals surface area contributed by atoms with Crippen molar-refractivity contribution >= 4 is 22.0 Å². The minimum atomic E-state index is -0.280. The van der Waals surface area contributed by atoms with Gasteiger partial charge < -0.3 is 9.51 Å². The number of benzene rings is 2. The standard InChI is InChI=1S/C22H23FN4O2/c1-2-19(27-17-8-4-3-7-16(17)24-22(27)28)26-12-10-14(11-13-26)21-20-15(23)6-5-9-18(20)29-25-21/h3-9,14,19H,2,10-13H2,1H3,(H,24,28). The zero-order valence-electron chi connectivity index (χ0n) is 16.3. The summed E-state index contributed by atoms with van der Waals surface area (Å²) in [7, 11) is 0. The number of piperidine rings is 1. The molecular weight excluding hydrogens is 371 g/mol. The van der Waals surface area contributed by atoms with Gasteiger partial charge in [-0.05, 0) is 43.5 Å². The molecule has 0 saturated carbocycles. The predicted molar refractivity (Wildman–Crippen MR) is 109 cm³/mol. The van der Waals surface area contributed by atoms with Crippen LogP contribution in [0.4, 0.5) is 4.39 Å². The molecule has 5 rings (SSSR count). The van der Waals surface area contributed by atoms with Crippen molar-refractivity contribution in [2.24, 2.45) is 0 Å². The second kappa shape index (κ2) is 7.15. The molecule has 29 heavy (non-hydrogen) atoms. The quantitative estimate of drug-likeness (QED) is 0.557. The molecule has 0 bridgehead atoms. The fraction of sp³-hybridized carbons (Fsp3) is 0.364. The first-order chi connectivity index (χ1) is 14.2. The Kier molecular flexibility index (Phi) is 4.47. The van der Waals surface area contributed by atoms with Gasteiger partial charge in [-0.15, -0.1) is 0 Å². The van der Waals surface area contributed by atoms with Crippen LogP contribution >= 0.6 is 0 Å². The van der Waals surface area contributed by atoms with Gasteiger partial charge in [-0.25, -0.2) is 9.18 Å². The highest BCUT2D eigenvalue weighted by atomic mass is 19.1. The van der Waals surface area contributed by atoms with Crippen molar-refractivity contribution in [3.05, 3.63) is 64.5 Å². The lowest BCUT2D eigenvalue weighted by molar-refractivity contribution is 0.101. The predicted octanol–water partition coefficient (Wildman–Crippen LogP) is 4.40. The van der Waals surface area contributed by atoms with Crippen LogP contribution in [0.1, 0.15) is 44.0 Å². The van der Waals surface area contributed by atoms with Gasteiger partial charge in [0.1, 0.15) is 5.82 Å². The third-order valence-electron chi connectivity index (χ3n) is 6.10. The Labute approximate surface area is 166 Å². The molecule has 0 radical (unpaired) electrons. The van der Waals surface area contributed by atoms with Crippen molar-refractivity contribution in [2.45, 2.75) is 38.3 Å². The molecule has 7 heteroatoms. The topological polar surface area (TPSA) is 67.1 Å². The summed E-state index contributed by atoms with van der Waals surface area (Å²) in [5.41, 5.74) is 2.92. The smallest absolute Gasteiger partial charge is 0.327 e. The van der Waals surface area contributed by atoms with E-state index in [-0.39, 0.29) is 23.6 Å². The minimum Gasteiger partial charge on any atom is -0.356 e. The monoisotopic (exact) mass is 394 g/mol. The maximum atomic E-state index is 14.3. The molecule has 1 atom stereocenters. The Balaban J connectivity index is 1.40. The summed E-state index contributed by atoms with van der Waals surface area (Å²) in [6.45, 7) is 3.74. The van der Waals surface area contributed by atoms with Crippen molar-refractivity contribution in [3.63, 3.8) is 0 Å². The SMILES string of the molecule is CCC(N1CCC(c2noc3cccc(F)c23)CC1)n1c(=O)[nH]c2ccccc21. The van der Waals surface area contributed by atoms with Gasteiger partial charge in [0.15, 0.2) is 5.58 Å². The third-order valence-corrected chi connectivity index (χ3v) is 6.10. The van der Waals surface area contributed by atoms with Crippen LogP contribution in [0.2, 0.25) is 0 Å². The lowest BCUT2D eigenvalue weighted by atomic mass is 9.91. The van der Waals surface area contributed by atoms with E-state index >= 15 is 0 Å². The Morgan fingerprint density at radius 3 is 2.79 bits per heavy atom. The van der Waals surface area contributed by atoms with Gasteiger partial charge >= 0.3 is 5.69 Å². The van der Waals surface area contributed by atoms with Crippen LogP contribution in [0.3, 0.4) is 0 Å². The largest absolute Gasteiger partial charge is 0.356 e. The van der Waals surface area contributed by atoms with Crippen molar-refractivity contribution < 1.29 is 8.91 Å². The zero-order chi connectivity index (χ0) is 20.0. The minimum absolute atomic E-state index is 0.00890. The summed E-state index contributed by atoms with van der Waals surface area (Å²) < 4.78 is 21.5. The molecule has 4 aromatic rings. The molecular formula is C22H23FN4O2. The molecule has 150 valence electrons. The number of fused-ring (bicyclic) bond motifs is 2. The molecule has 1 saturated heterocycles. The van der Waals surface area contributed by atoms with E-state index in [0.29, 0.717) is 11.0 Å². The summed E-state index contributed by atoms with van der Waals surface area (Å²) in [4.78, 5) is 17.9. The van der Waals surface area contributed by atoms with E-state index in [2.05, 4.69) is 22.0 Å². The number of hydrogen-bond acceptors (Lipinski definition) is 4. The van der Waals surface area contributed by atoms with E-state index in [1.807, 2.05) is 28.8 Å². The number of likely N-dealkylation sites (tertiary alicyclic amines) is 1. The van der Waals surface area contributed by atoms with Crippen LogP contribution in [0.25, 0.3) is 22.0 Å². The van der Waals surface area contributed by atoms with Crippen molar-refractivity contribution in [2.75, 3.05) is 13.1 Å². The van der Waals surface area contributed by atoms with E-state index in [4.69, 9.17) is 4.52 Å². The highest BCUT2D eigenvalue weighted by molar-refractivity contribution is 5.80. The number of H-pyrrole nitrogens is 1. The number of aromatic amines is 1. The first kappa shape index (κ1) is 18.1. The van der Waals surface area contributed by atoms with Gasteiger partial charge in [-0.1, -0.05) is 30.3 Å². The summed E-state index contributed by atoms with van der Waals surface area (Å²) >= 11 is 0. The van der Waals surface area contributed by atoms with Crippen LogP contribution in [0.15, 0.2) is 51.8 Å². The summed E-state index contributed by atoms with van der Waals surface area (Å²) in [5.74, 6) is -0.125. The number of halogens is 1. The Bertz CT molecular complexity index is 1220. The fourth-order valence-corrected chi connectivity index (χ4v) is 4.70. The molecule has 2 aromatic heterocycles. The molecule has 1 fully saturated rings. The summed E-state index contributed by atoms with van der Waals surface area (Å²) in [5, 5.41) is 4.69. The molecule has 3 heterocycles. The average Bonchev–Trinajstić information content (AvgIpc) is 3.32. The van der Waals surface area contributed by atoms with E-state index < -0.39 is 0 Å². The highest BCUT2D eigenvalue weighted by Gasteiger charge is 2.30. The van der Waals surface area contributed by atoms with Gasteiger partial charge in [0, 0.05) is 19.0 Å².